The predicted octanol–water partition coefficient (Wildman–Crippen LogP) is 3.04. The molecule has 0 aliphatic heterocycles. The number of allylic oxidation sites excluding steroid dienone is 4. The molecule has 0 spiro atoms. The van der Waals surface area contributed by atoms with Crippen molar-refractivity contribution in [2.45, 2.75) is 44.6 Å². The van der Waals surface area contributed by atoms with Crippen molar-refractivity contribution in [1.29, 1.82) is 0 Å². The van der Waals surface area contributed by atoms with Crippen LogP contribution >= 0.6 is 0 Å². The number of Topliss-reactive ketones (excluding diaryl/α,β-unsaturated/α-hetero) is 1. The highest BCUT2D eigenvalue weighted by Crippen LogP contribution is 2.10. The SMILES string of the molecule is COC1CCC=CCCC=CCCC1=O. The third-order valence-electron chi connectivity index (χ3n) is 2.63. The second kappa shape index (κ2) is 7.41. The third-order valence-corrected chi connectivity index (χ3v) is 2.63. The quantitative estimate of drug-likeness (QED) is 0.619. The molecule has 0 aromatic carbocycles. The normalized spacial score (nSPS) is 24.6. The van der Waals surface area contributed by atoms with E-state index in [1.54, 1.807) is 7.11 Å². The van der Waals surface area contributed by atoms with Crippen molar-refractivity contribution in [1.82, 2.24) is 0 Å². The van der Waals surface area contributed by atoms with Crippen molar-refractivity contribution in [3.05, 3.63) is 24.3 Å². The number of methoxy groups -OCH3 is 1. The maximum atomic E-state index is 11.7. The molecule has 1 unspecified atom stereocenters. The number of ketones is 1. The van der Waals surface area contributed by atoms with Crippen LogP contribution < -0.4 is 0 Å². The highest BCUT2D eigenvalue weighted by Gasteiger charge is 2.15. The summed E-state index contributed by atoms with van der Waals surface area (Å²) in [4.78, 5) is 11.7. The fraction of sp³-hybridized carbons (Fsp3) is 0.615. The Balaban J connectivity index is 2.50. The number of hydrogen-bond donors (Lipinski definition) is 0. The molecule has 0 bridgehead atoms. The second-order valence-corrected chi connectivity index (χ2v) is 3.83. The molecule has 1 rings (SSSR count). The first-order chi connectivity index (χ1) is 7.34. The smallest absolute Gasteiger partial charge is 0.161 e. The molecule has 1 aliphatic rings. The van der Waals surface area contributed by atoms with Gasteiger partial charge in [0.05, 0.1) is 0 Å². The first-order valence-electron chi connectivity index (χ1n) is 5.70. The molecule has 0 aromatic heterocycles. The molecule has 15 heavy (non-hydrogen) atoms. The molecule has 2 heteroatoms. The van der Waals surface area contributed by atoms with E-state index in [2.05, 4.69) is 24.3 Å². The number of hydrogen-bond acceptors (Lipinski definition) is 2. The van der Waals surface area contributed by atoms with Gasteiger partial charge in [0.2, 0.25) is 0 Å². The van der Waals surface area contributed by atoms with E-state index < -0.39 is 0 Å². The van der Waals surface area contributed by atoms with Gasteiger partial charge in [0, 0.05) is 13.5 Å². The van der Waals surface area contributed by atoms with E-state index in [0.29, 0.717) is 6.42 Å². The average molecular weight is 208 g/mol. The van der Waals surface area contributed by atoms with E-state index in [1.165, 1.54) is 0 Å². The molecule has 84 valence electrons. The number of rotatable bonds is 1. The van der Waals surface area contributed by atoms with Crippen LogP contribution in [-0.4, -0.2) is 19.0 Å². The summed E-state index contributed by atoms with van der Waals surface area (Å²) in [6, 6.07) is 0. The summed E-state index contributed by atoms with van der Waals surface area (Å²) in [5.74, 6) is 0.233. The van der Waals surface area contributed by atoms with Crippen LogP contribution in [-0.2, 0) is 9.53 Å². The summed E-state index contributed by atoms with van der Waals surface area (Å²) in [6.07, 6.45) is 13.8. The van der Waals surface area contributed by atoms with Crippen LogP contribution in [0.25, 0.3) is 0 Å². The molecule has 0 saturated carbocycles. The zero-order chi connectivity index (χ0) is 10.9. The van der Waals surface area contributed by atoms with E-state index in [4.69, 9.17) is 4.74 Å². The molecule has 0 radical (unpaired) electrons. The Morgan fingerprint density at radius 3 is 2.33 bits per heavy atom. The summed E-state index contributed by atoms with van der Waals surface area (Å²) in [6.45, 7) is 0. The highest BCUT2D eigenvalue weighted by molar-refractivity contribution is 5.83. The van der Waals surface area contributed by atoms with Crippen LogP contribution in [0.5, 0.6) is 0 Å². The first kappa shape index (κ1) is 12.2. The van der Waals surface area contributed by atoms with Crippen LogP contribution in [0.3, 0.4) is 0 Å². The minimum Gasteiger partial charge on any atom is -0.374 e. The van der Waals surface area contributed by atoms with Gasteiger partial charge in [-0.1, -0.05) is 24.3 Å². The van der Waals surface area contributed by atoms with Gasteiger partial charge in [0.1, 0.15) is 6.10 Å². The van der Waals surface area contributed by atoms with E-state index in [-0.39, 0.29) is 11.9 Å². The molecule has 1 aliphatic carbocycles. The van der Waals surface area contributed by atoms with E-state index >= 15 is 0 Å². The highest BCUT2D eigenvalue weighted by atomic mass is 16.5. The molecule has 0 N–H and O–H groups in total. The van der Waals surface area contributed by atoms with Gasteiger partial charge in [-0.3, -0.25) is 4.79 Å². The van der Waals surface area contributed by atoms with Crippen LogP contribution in [0, 0.1) is 0 Å². The maximum Gasteiger partial charge on any atom is 0.161 e. The largest absolute Gasteiger partial charge is 0.374 e. The zero-order valence-corrected chi connectivity index (χ0v) is 9.45. The molecular formula is C13H20O2. The topological polar surface area (TPSA) is 26.3 Å². The van der Waals surface area contributed by atoms with Crippen molar-refractivity contribution in [3.8, 4) is 0 Å². The second-order valence-electron chi connectivity index (χ2n) is 3.83. The van der Waals surface area contributed by atoms with Crippen LogP contribution in [0.15, 0.2) is 24.3 Å². The van der Waals surface area contributed by atoms with Gasteiger partial charge in [0.15, 0.2) is 5.78 Å². The minimum atomic E-state index is -0.206. The molecule has 2 nitrogen and oxygen atoms in total. The van der Waals surface area contributed by atoms with Gasteiger partial charge in [-0.25, -0.2) is 0 Å². The van der Waals surface area contributed by atoms with Crippen molar-refractivity contribution in [3.63, 3.8) is 0 Å². The first-order valence-corrected chi connectivity index (χ1v) is 5.70. The van der Waals surface area contributed by atoms with Gasteiger partial charge in [0.25, 0.3) is 0 Å². The summed E-state index contributed by atoms with van der Waals surface area (Å²) in [5.41, 5.74) is 0. The maximum absolute atomic E-state index is 11.7. The van der Waals surface area contributed by atoms with Gasteiger partial charge in [-0.05, 0) is 32.1 Å². The Kier molecular flexibility index (Phi) is 6.02. The van der Waals surface area contributed by atoms with E-state index in [9.17, 15) is 4.79 Å². The fourth-order valence-corrected chi connectivity index (χ4v) is 1.71. The Bertz CT molecular complexity index is 241. The number of carbonyl (C=O) groups is 1. The number of carbonyl (C=O) groups excluding carboxylic acids is 1. The standard InChI is InChI=1S/C13H20O2/c1-15-13-11-9-7-5-3-2-4-6-8-10-12(13)14/h4-7,13H,2-3,8-11H2,1H3. The lowest BCUT2D eigenvalue weighted by molar-refractivity contribution is -0.129. The van der Waals surface area contributed by atoms with Gasteiger partial charge in [-0.15, -0.1) is 0 Å². The molecule has 1 atom stereocenters. The van der Waals surface area contributed by atoms with Gasteiger partial charge < -0.3 is 4.74 Å². The lowest BCUT2D eigenvalue weighted by Gasteiger charge is -2.12. The Morgan fingerprint density at radius 2 is 1.67 bits per heavy atom. The van der Waals surface area contributed by atoms with Crippen molar-refractivity contribution in [2.24, 2.45) is 0 Å². The van der Waals surface area contributed by atoms with Crippen LogP contribution in [0.2, 0.25) is 0 Å². The monoisotopic (exact) mass is 208 g/mol. The van der Waals surface area contributed by atoms with E-state index in [1.807, 2.05) is 0 Å². The third kappa shape index (κ3) is 4.93. The Hall–Kier alpha value is -0.890. The molecule has 0 aromatic rings. The fourth-order valence-electron chi connectivity index (χ4n) is 1.71. The predicted molar refractivity (Wildman–Crippen MR) is 61.8 cm³/mol. The van der Waals surface area contributed by atoms with Crippen molar-refractivity contribution < 1.29 is 9.53 Å². The number of ether oxygens (including phenoxy) is 1. The lowest BCUT2D eigenvalue weighted by atomic mass is 10.0. The molecule has 0 fully saturated rings. The Morgan fingerprint density at radius 1 is 1.07 bits per heavy atom. The van der Waals surface area contributed by atoms with Crippen LogP contribution in [0.4, 0.5) is 0 Å². The Labute approximate surface area is 92.0 Å². The molecule has 0 amide bonds. The molecule has 0 saturated heterocycles. The van der Waals surface area contributed by atoms with Crippen molar-refractivity contribution in [2.75, 3.05) is 7.11 Å². The average Bonchev–Trinajstić information content (AvgIpc) is 2.23. The molecular weight excluding hydrogens is 188 g/mol. The van der Waals surface area contributed by atoms with Gasteiger partial charge in [-0.2, -0.15) is 0 Å². The summed E-state index contributed by atoms with van der Waals surface area (Å²) in [5, 5.41) is 0. The summed E-state index contributed by atoms with van der Waals surface area (Å²) >= 11 is 0. The summed E-state index contributed by atoms with van der Waals surface area (Å²) in [7, 11) is 1.62. The minimum absolute atomic E-state index is 0.206. The summed E-state index contributed by atoms with van der Waals surface area (Å²) < 4.78 is 5.20. The molecule has 0 heterocycles. The van der Waals surface area contributed by atoms with Crippen LogP contribution in [0.1, 0.15) is 38.5 Å². The van der Waals surface area contributed by atoms with Gasteiger partial charge >= 0.3 is 0 Å². The van der Waals surface area contributed by atoms with E-state index in [0.717, 1.165) is 32.1 Å². The van der Waals surface area contributed by atoms with Crippen molar-refractivity contribution >= 4 is 5.78 Å². The lowest BCUT2D eigenvalue weighted by Crippen LogP contribution is -2.22. The zero-order valence-electron chi connectivity index (χ0n) is 9.45.